The SMILES string of the molecule is O=S(=O)(SS(=O)(=O)c1ccc2ccccc2c1)c1ccc2ccccc2c1. The van der Waals surface area contributed by atoms with Crippen molar-refractivity contribution in [3.63, 3.8) is 0 Å². The predicted molar refractivity (Wildman–Crippen MR) is 110 cm³/mol. The summed E-state index contributed by atoms with van der Waals surface area (Å²) in [6.45, 7) is 0. The van der Waals surface area contributed by atoms with Crippen molar-refractivity contribution >= 4 is 49.1 Å². The van der Waals surface area contributed by atoms with E-state index in [-0.39, 0.29) is 19.6 Å². The molecule has 0 unspecified atom stereocenters. The Bertz CT molecular complexity index is 1270. The lowest BCUT2D eigenvalue weighted by molar-refractivity contribution is 0.608. The van der Waals surface area contributed by atoms with Crippen LogP contribution in [0.3, 0.4) is 0 Å². The van der Waals surface area contributed by atoms with E-state index in [2.05, 4.69) is 0 Å². The molecular formula is C20H14O4S3. The molecule has 4 nitrogen and oxygen atoms in total. The molecule has 0 aromatic heterocycles. The average Bonchev–Trinajstić information content (AvgIpc) is 2.66. The third-order valence-electron chi connectivity index (χ3n) is 4.20. The lowest BCUT2D eigenvalue weighted by atomic mass is 10.1. The van der Waals surface area contributed by atoms with Gasteiger partial charge in [0.1, 0.15) is 9.83 Å². The van der Waals surface area contributed by atoms with Crippen molar-refractivity contribution in [2.75, 3.05) is 0 Å². The monoisotopic (exact) mass is 414 g/mol. The molecule has 0 fully saturated rings. The highest BCUT2D eigenvalue weighted by Gasteiger charge is 2.27. The van der Waals surface area contributed by atoms with Crippen molar-refractivity contribution in [1.29, 1.82) is 0 Å². The van der Waals surface area contributed by atoms with E-state index in [1.54, 1.807) is 36.4 Å². The summed E-state index contributed by atoms with van der Waals surface area (Å²) in [4.78, 5) is -0.0638. The van der Waals surface area contributed by atoms with Gasteiger partial charge in [0.2, 0.25) is 17.7 Å². The molecule has 136 valence electrons. The molecule has 27 heavy (non-hydrogen) atoms. The van der Waals surface area contributed by atoms with Crippen LogP contribution in [0.2, 0.25) is 0 Å². The minimum absolute atomic E-state index is 0.0281. The molecule has 0 saturated heterocycles. The highest BCUT2D eigenvalue weighted by atomic mass is 33.5. The number of hydrogen-bond acceptors (Lipinski definition) is 5. The van der Waals surface area contributed by atoms with E-state index in [0.29, 0.717) is 0 Å². The van der Waals surface area contributed by atoms with Crippen LogP contribution in [0.15, 0.2) is 94.7 Å². The van der Waals surface area contributed by atoms with Crippen molar-refractivity contribution in [3.05, 3.63) is 84.9 Å². The molecule has 0 atom stereocenters. The van der Waals surface area contributed by atoms with Crippen LogP contribution in [0.5, 0.6) is 0 Å². The zero-order valence-corrected chi connectivity index (χ0v) is 16.4. The summed E-state index contributed by atoms with van der Waals surface area (Å²) in [7, 11) is -8.19. The fourth-order valence-electron chi connectivity index (χ4n) is 2.84. The largest absolute Gasteiger partial charge is 0.244 e. The van der Waals surface area contributed by atoms with Gasteiger partial charge in [-0.2, -0.15) is 0 Å². The van der Waals surface area contributed by atoms with Crippen LogP contribution in [0.4, 0.5) is 0 Å². The average molecular weight is 415 g/mol. The molecule has 7 heteroatoms. The van der Waals surface area contributed by atoms with E-state index in [4.69, 9.17) is 0 Å². The number of hydrogen-bond donors (Lipinski definition) is 0. The summed E-state index contributed by atoms with van der Waals surface area (Å²) >= 11 is 0. The van der Waals surface area contributed by atoms with Gasteiger partial charge >= 0.3 is 0 Å². The molecule has 0 saturated carbocycles. The van der Waals surface area contributed by atoms with Gasteiger partial charge in [-0.25, -0.2) is 16.8 Å². The Morgan fingerprint density at radius 3 is 1.26 bits per heavy atom. The zero-order valence-electron chi connectivity index (χ0n) is 13.9. The topological polar surface area (TPSA) is 68.3 Å². The van der Waals surface area contributed by atoms with E-state index in [1.165, 1.54) is 24.3 Å². The zero-order chi connectivity index (χ0) is 19.1. The van der Waals surface area contributed by atoms with E-state index >= 15 is 0 Å². The highest BCUT2D eigenvalue weighted by Crippen LogP contribution is 2.35. The first-order valence-electron chi connectivity index (χ1n) is 8.04. The van der Waals surface area contributed by atoms with E-state index in [9.17, 15) is 16.8 Å². The number of rotatable bonds is 4. The summed E-state index contributed by atoms with van der Waals surface area (Å²) in [5.41, 5.74) is 0. The predicted octanol–water partition coefficient (Wildman–Crippen LogP) is 4.80. The molecule has 0 N–H and O–H groups in total. The lowest BCUT2D eigenvalue weighted by Gasteiger charge is -2.07. The van der Waals surface area contributed by atoms with Gasteiger partial charge in [-0.1, -0.05) is 60.7 Å². The Kier molecular flexibility index (Phi) is 4.46. The van der Waals surface area contributed by atoms with Gasteiger partial charge in [-0.15, -0.1) is 0 Å². The Labute approximate surface area is 160 Å². The smallest absolute Gasteiger partial charge is 0.211 e. The van der Waals surface area contributed by atoms with Crippen LogP contribution in [0.25, 0.3) is 21.5 Å². The number of fused-ring (bicyclic) bond motifs is 2. The van der Waals surface area contributed by atoms with Gasteiger partial charge in [0, 0.05) is 0 Å². The molecule has 0 radical (unpaired) electrons. The van der Waals surface area contributed by atoms with Crippen molar-refractivity contribution in [2.24, 2.45) is 0 Å². The summed E-state index contributed by atoms with van der Waals surface area (Å²) < 4.78 is 50.8. The van der Waals surface area contributed by atoms with Crippen LogP contribution in [-0.2, 0) is 17.7 Å². The molecule has 4 rings (SSSR count). The molecule has 0 bridgehead atoms. The normalized spacial score (nSPS) is 12.4. The Morgan fingerprint density at radius 2 is 0.852 bits per heavy atom. The standard InChI is InChI=1S/C20H14O4S3/c21-26(22,19-11-9-15-5-1-3-7-17(15)13-19)25-27(23,24)20-12-10-16-6-2-4-8-18(16)14-20/h1-14H. The van der Waals surface area contributed by atoms with Crippen molar-refractivity contribution in [1.82, 2.24) is 0 Å². The summed E-state index contributed by atoms with van der Waals surface area (Å²) in [6, 6.07) is 23.8. The molecular weight excluding hydrogens is 400 g/mol. The van der Waals surface area contributed by atoms with E-state index in [1.807, 2.05) is 24.3 Å². The van der Waals surface area contributed by atoms with E-state index < -0.39 is 17.7 Å². The molecule has 4 aromatic rings. The summed E-state index contributed by atoms with van der Waals surface area (Å²) in [6.07, 6.45) is 0. The van der Waals surface area contributed by atoms with Gasteiger partial charge in [0.05, 0.1) is 9.79 Å². The first-order chi connectivity index (χ1) is 12.9. The molecule has 0 aliphatic carbocycles. The quantitative estimate of drug-likeness (QED) is 0.449. The van der Waals surface area contributed by atoms with Gasteiger partial charge in [0.25, 0.3) is 0 Å². The minimum Gasteiger partial charge on any atom is -0.211 e. The van der Waals surface area contributed by atoms with E-state index in [0.717, 1.165) is 21.5 Å². The van der Waals surface area contributed by atoms with Crippen LogP contribution < -0.4 is 0 Å². The van der Waals surface area contributed by atoms with Crippen LogP contribution in [-0.4, -0.2) is 16.8 Å². The Hall–Kier alpha value is -2.35. The second-order valence-electron chi connectivity index (χ2n) is 5.99. The Balaban J connectivity index is 1.73. The van der Waals surface area contributed by atoms with Crippen molar-refractivity contribution in [2.45, 2.75) is 9.79 Å². The lowest BCUT2D eigenvalue weighted by Crippen LogP contribution is -2.03. The summed E-state index contributed by atoms with van der Waals surface area (Å²) in [5.74, 6) is 0. The maximum atomic E-state index is 12.7. The van der Waals surface area contributed by atoms with Gasteiger partial charge in [0.15, 0.2) is 0 Å². The number of benzene rings is 4. The summed E-state index contributed by atoms with van der Waals surface area (Å²) in [5, 5.41) is 3.25. The maximum absolute atomic E-state index is 12.7. The van der Waals surface area contributed by atoms with Crippen LogP contribution in [0.1, 0.15) is 0 Å². The molecule has 4 aromatic carbocycles. The molecule has 0 amide bonds. The fourth-order valence-corrected chi connectivity index (χ4v) is 9.59. The third-order valence-corrected chi connectivity index (χ3v) is 11.7. The first-order valence-corrected chi connectivity index (χ1v) is 12.9. The molecule has 0 aliphatic rings. The van der Waals surface area contributed by atoms with Crippen molar-refractivity contribution in [3.8, 4) is 0 Å². The molecule has 0 spiro atoms. The second-order valence-corrected chi connectivity index (χ2v) is 13.2. The van der Waals surface area contributed by atoms with Crippen molar-refractivity contribution < 1.29 is 16.8 Å². The van der Waals surface area contributed by atoms with Gasteiger partial charge in [-0.05, 0) is 45.8 Å². The van der Waals surface area contributed by atoms with Crippen LogP contribution >= 0.6 is 9.83 Å². The first kappa shape index (κ1) is 18.0. The van der Waals surface area contributed by atoms with Crippen LogP contribution in [0, 0.1) is 0 Å². The highest BCUT2D eigenvalue weighted by molar-refractivity contribution is 9.04. The molecule has 0 aliphatic heterocycles. The fraction of sp³-hybridized carbons (Fsp3) is 0. The Morgan fingerprint density at radius 1 is 0.481 bits per heavy atom. The maximum Gasteiger partial charge on any atom is 0.244 e. The van der Waals surface area contributed by atoms with Gasteiger partial charge in [-0.3, -0.25) is 0 Å². The van der Waals surface area contributed by atoms with Gasteiger partial charge < -0.3 is 0 Å². The minimum atomic E-state index is -4.08. The molecule has 0 heterocycles. The second kappa shape index (κ2) is 6.67. The third kappa shape index (κ3) is 3.58.